The lowest BCUT2D eigenvalue weighted by Crippen LogP contribution is -2.46. The predicted octanol–water partition coefficient (Wildman–Crippen LogP) is 0.175. The topological polar surface area (TPSA) is 69.7 Å². The monoisotopic (exact) mass is 277 g/mol. The molecule has 1 heterocycles. The van der Waals surface area contributed by atoms with Crippen LogP contribution < -0.4 is 4.72 Å². The molecule has 6 nitrogen and oxygen atoms in total. The van der Waals surface area contributed by atoms with Crippen LogP contribution in [-0.4, -0.2) is 56.3 Å². The van der Waals surface area contributed by atoms with Crippen LogP contribution in [0.4, 0.5) is 0 Å². The van der Waals surface area contributed by atoms with Crippen molar-refractivity contribution < 1.29 is 13.2 Å². The summed E-state index contributed by atoms with van der Waals surface area (Å²) in [6.07, 6.45) is 3.16. The summed E-state index contributed by atoms with van der Waals surface area (Å²) in [7, 11) is -3.52. The summed E-state index contributed by atoms with van der Waals surface area (Å²) in [5, 5.41) is 0. The summed E-state index contributed by atoms with van der Waals surface area (Å²) in [6.45, 7) is 5.70. The van der Waals surface area contributed by atoms with Crippen LogP contribution in [0.5, 0.6) is 0 Å². The third-order valence-electron chi connectivity index (χ3n) is 3.16. The van der Waals surface area contributed by atoms with Gasteiger partial charge in [-0.3, -0.25) is 4.79 Å². The number of carbonyl (C=O) groups is 1. The predicted molar refractivity (Wildman–Crippen MR) is 70.3 cm³/mol. The second-order valence-electron chi connectivity index (χ2n) is 4.35. The largest absolute Gasteiger partial charge is 0.342 e. The molecule has 0 aromatic rings. The maximum absolute atomic E-state index is 11.8. The molecule has 0 spiro atoms. The van der Waals surface area contributed by atoms with E-state index in [0.29, 0.717) is 13.1 Å². The number of nitrogens with one attached hydrogen (secondary N) is 1. The van der Waals surface area contributed by atoms with E-state index >= 15 is 0 Å². The molecule has 0 aromatic carbocycles. The molecule has 18 heavy (non-hydrogen) atoms. The minimum absolute atomic E-state index is 0.134. The molecule has 1 amide bonds. The minimum Gasteiger partial charge on any atom is -0.342 e. The lowest BCUT2D eigenvalue weighted by Gasteiger charge is -2.27. The smallest absolute Gasteiger partial charge is 0.279 e. The van der Waals surface area contributed by atoms with Crippen LogP contribution in [0.3, 0.4) is 0 Å². The zero-order valence-corrected chi connectivity index (χ0v) is 12.0. The van der Waals surface area contributed by atoms with Crippen LogP contribution in [0, 0.1) is 0 Å². The SMILES string of the molecule is CCN(CC)S(=O)(=O)NCC(=O)N1CCCCC1. The zero-order valence-electron chi connectivity index (χ0n) is 11.2. The Bertz CT molecular complexity index is 360. The molecule has 0 radical (unpaired) electrons. The van der Waals surface area contributed by atoms with Gasteiger partial charge in [0.25, 0.3) is 10.2 Å². The van der Waals surface area contributed by atoms with Gasteiger partial charge in [-0.05, 0) is 19.3 Å². The summed E-state index contributed by atoms with van der Waals surface area (Å²) in [5.74, 6) is -0.134. The summed E-state index contributed by atoms with van der Waals surface area (Å²) >= 11 is 0. The highest BCUT2D eigenvalue weighted by Gasteiger charge is 2.22. The third kappa shape index (κ3) is 4.22. The van der Waals surface area contributed by atoms with Crippen molar-refractivity contribution in [2.75, 3.05) is 32.7 Å². The molecule has 0 unspecified atom stereocenters. The fraction of sp³-hybridized carbons (Fsp3) is 0.909. The first-order chi connectivity index (χ1) is 8.51. The Morgan fingerprint density at radius 1 is 1.17 bits per heavy atom. The summed E-state index contributed by atoms with van der Waals surface area (Å²) in [6, 6.07) is 0. The summed E-state index contributed by atoms with van der Waals surface area (Å²) in [5.41, 5.74) is 0. The van der Waals surface area contributed by atoms with E-state index in [4.69, 9.17) is 0 Å². The van der Waals surface area contributed by atoms with Crippen molar-refractivity contribution in [2.24, 2.45) is 0 Å². The van der Waals surface area contributed by atoms with Crippen LogP contribution in [0.1, 0.15) is 33.1 Å². The van der Waals surface area contributed by atoms with Crippen LogP contribution in [0.15, 0.2) is 0 Å². The van der Waals surface area contributed by atoms with Gasteiger partial charge < -0.3 is 4.90 Å². The molecular weight excluding hydrogens is 254 g/mol. The molecule has 1 aliphatic rings. The number of hydrogen-bond acceptors (Lipinski definition) is 3. The molecule has 1 N–H and O–H groups in total. The number of rotatable bonds is 6. The molecule has 0 aliphatic carbocycles. The standard InChI is InChI=1S/C11H23N3O3S/c1-3-14(4-2)18(16,17)12-10-11(15)13-8-6-5-7-9-13/h12H,3-10H2,1-2H3. The van der Waals surface area contributed by atoms with Gasteiger partial charge in [0.15, 0.2) is 0 Å². The minimum atomic E-state index is -3.52. The molecule has 0 aromatic heterocycles. The molecule has 0 atom stereocenters. The Morgan fingerprint density at radius 3 is 2.22 bits per heavy atom. The van der Waals surface area contributed by atoms with E-state index in [1.807, 2.05) is 0 Å². The van der Waals surface area contributed by atoms with Gasteiger partial charge in [-0.2, -0.15) is 17.4 Å². The van der Waals surface area contributed by atoms with Crippen LogP contribution in [0.2, 0.25) is 0 Å². The van der Waals surface area contributed by atoms with E-state index in [9.17, 15) is 13.2 Å². The number of likely N-dealkylation sites (tertiary alicyclic amines) is 1. The van der Waals surface area contributed by atoms with Gasteiger partial charge >= 0.3 is 0 Å². The van der Waals surface area contributed by atoms with Crippen molar-refractivity contribution in [2.45, 2.75) is 33.1 Å². The first kappa shape index (κ1) is 15.4. The van der Waals surface area contributed by atoms with E-state index in [0.717, 1.165) is 32.4 Å². The van der Waals surface area contributed by atoms with Gasteiger partial charge in [-0.1, -0.05) is 13.8 Å². The number of nitrogens with zero attached hydrogens (tertiary/aromatic N) is 2. The molecule has 0 bridgehead atoms. The molecule has 0 saturated carbocycles. The Labute approximate surface area is 110 Å². The van der Waals surface area contributed by atoms with Crippen molar-refractivity contribution in [3.63, 3.8) is 0 Å². The Hall–Kier alpha value is -0.660. The van der Waals surface area contributed by atoms with E-state index in [1.165, 1.54) is 4.31 Å². The fourth-order valence-electron chi connectivity index (χ4n) is 2.06. The molecule has 7 heteroatoms. The van der Waals surface area contributed by atoms with E-state index in [1.54, 1.807) is 18.7 Å². The Morgan fingerprint density at radius 2 is 1.72 bits per heavy atom. The van der Waals surface area contributed by atoms with Crippen LogP contribution in [0.25, 0.3) is 0 Å². The normalized spacial score (nSPS) is 17.2. The summed E-state index contributed by atoms with van der Waals surface area (Å²) < 4.78 is 27.3. The lowest BCUT2D eigenvalue weighted by molar-refractivity contribution is -0.130. The quantitative estimate of drug-likeness (QED) is 0.752. The second kappa shape index (κ2) is 7.06. The number of carbonyl (C=O) groups excluding carboxylic acids is 1. The lowest BCUT2D eigenvalue weighted by atomic mass is 10.1. The molecular formula is C11H23N3O3S. The van der Waals surface area contributed by atoms with E-state index in [2.05, 4.69) is 4.72 Å². The molecule has 1 aliphatic heterocycles. The molecule has 1 saturated heterocycles. The van der Waals surface area contributed by atoms with Crippen molar-refractivity contribution >= 4 is 16.1 Å². The average molecular weight is 277 g/mol. The van der Waals surface area contributed by atoms with Crippen LogP contribution >= 0.6 is 0 Å². The Kier molecular flexibility index (Phi) is 6.04. The second-order valence-corrected chi connectivity index (χ2v) is 6.11. The zero-order chi connectivity index (χ0) is 13.6. The fourth-order valence-corrected chi connectivity index (χ4v) is 3.23. The molecule has 106 valence electrons. The molecule has 1 fully saturated rings. The average Bonchev–Trinajstić information content (AvgIpc) is 2.38. The number of hydrogen-bond donors (Lipinski definition) is 1. The highest BCUT2D eigenvalue weighted by molar-refractivity contribution is 7.87. The van der Waals surface area contributed by atoms with Gasteiger partial charge in [-0.15, -0.1) is 0 Å². The van der Waals surface area contributed by atoms with Crippen molar-refractivity contribution in [3.05, 3.63) is 0 Å². The molecule has 1 rings (SSSR count). The van der Waals surface area contributed by atoms with Crippen molar-refractivity contribution in [1.29, 1.82) is 0 Å². The van der Waals surface area contributed by atoms with Gasteiger partial charge in [-0.25, -0.2) is 0 Å². The van der Waals surface area contributed by atoms with E-state index in [-0.39, 0.29) is 12.5 Å². The maximum atomic E-state index is 11.8. The van der Waals surface area contributed by atoms with Gasteiger partial charge in [0.05, 0.1) is 6.54 Å². The maximum Gasteiger partial charge on any atom is 0.279 e. The number of piperidine rings is 1. The first-order valence-electron chi connectivity index (χ1n) is 6.53. The first-order valence-corrected chi connectivity index (χ1v) is 7.97. The third-order valence-corrected chi connectivity index (χ3v) is 4.87. The highest BCUT2D eigenvalue weighted by atomic mass is 32.2. The highest BCUT2D eigenvalue weighted by Crippen LogP contribution is 2.08. The summed E-state index contributed by atoms with van der Waals surface area (Å²) in [4.78, 5) is 13.6. The van der Waals surface area contributed by atoms with Gasteiger partial charge in [0, 0.05) is 26.2 Å². The van der Waals surface area contributed by atoms with Crippen molar-refractivity contribution in [1.82, 2.24) is 13.9 Å². The van der Waals surface area contributed by atoms with Crippen LogP contribution in [-0.2, 0) is 15.0 Å². The van der Waals surface area contributed by atoms with Gasteiger partial charge in [0.1, 0.15) is 0 Å². The van der Waals surface area contributed by atoms with Crippen molar-refractivity contribution in [3.8, 4) is 0 Å². The van der Waals surface area contributed by atoms with Gasteiger partial charge in [0.2, 0.25) is 5.91 Å². The Balaban J connectivity index is 2.46. The van der Waals surface area contributed by atoms with E-state index < -0.39 is 10.2 Å². The number of amides is 1.